The van der Waals surface area contributed by atoms with Gasteiger partial charge in [0, 0.05) is 12.8 Å². The zero-order valence-electron chi connectivity index (χ0n) is 15.4. The van der Waals surface area contributed by atoms with E-state index in [1.165, 1.54) is 27.8 Å². The summed E-state index contributed by atoms with van der Waals surface area (Å²) in [6, 6.07) is 14.8. The Bertz CT molecular complexity index is 693. The molecule has 0 atom stereocenters. The highest BCUT2D eigenvalue weighted by Gasteiger charge is 2.00. The summed E-state index contributed by atoms with van der Waals surface area (Å²) >= 11 is 0. The summed E-state index contributed by atoms with van der Waals surface area (Å²) in [5.41, 5.74) is 8.83. The minimum Gasteiger partial charge on any atom is -0.293 e. The van der Waals surface area contributed by atoms with Crippen LogP contribution in [-0.2, 0) is 6.42 Å². The second-order valence-corrected chi connectivity index (χ2v) is 5.90. The first-order valence-electron chi connectivity index (χ1n) is 8.15. The molecule has 0 N–H and O–H groups in total. The Balaban J connectivity index is 0.000000231. The lowest BCUT2D eigenvalue weighted by atomic mass is 10.0. The SMILES string of the molecule is C=C(C)c1ccc(C)c(C)c1.CCc1ccccc1C(C)=NC. The first-order valence-corrected chi connectivity index (χ1v) is 8.15. The van der Waals surface area contributed by atoms with Gasteiger partial charge in [-0.05, 0) is 61.9 Å². The third-order valence-electron chi connectivity index (χ3n) is 4.12. The summed E-state index contributed by atoms with van der Waals surface area (Å²) in [5, 5.41) is 0. The van der Waals surface area contributed by atoms with Crippen molar-refractivity contribution in [2.45, 2.75) is 41.0 Å². The van der Waals surface area contributed by atoms with Crippen molar-refractivity contribution in [2.24, 2.45) is 4.99 Å². The Morgan fingerprint density at radius 1 is 1.00 bits per heavy atom. The topological polar surface area (TPSA) is 12.4 Å². The van der Waals surface area contributed by atoms with Crippen molar-refractivity contribution in [3.05, 3.63) is 76.9 Å². The molecule has 122 valence electrons. The number of nitrogens with zero attached hydrogens (tertiary/aromatic N) is 1. The fourth-order valence-electron chi connectivity index (χ4n) is 2.31. The first kappa shape index (κ1) is 18.9. The zero-order valence-corrected chi connectivity index (χ0v) is 15.4. The van der Waals surface area contributed by atoms with Gasteiger partial charge in [0.1, 0.15) is 0 Å². The maximum absolute atomic E-state index is 4.18. The summed E-state index contributed by atoms with van der Waals surface area (Å²) in [6.45, 7) is 14.4. The number of aliphatic imine (C=N–C) groups is 1. The van der Waals surface area contributed by atoms with Crippen LogP contribution < -0.4 is 0 Å². The van der Waals surface area contributed by atoms with Gasteiger partial charge < -0.3 is 0 Å². The summed E-state index contributed by atoms with van der Waals surface area (Å²) in [7, 11) is 1.84. The minimum absolute atomic E-state index is 1.07. The molecule has 1 heteroatoms. The summed E-state index contributed by atoms with van der Waals surface area (Å²) in [5.74, 6) is 0. The zero-order chi connectivity index (χ0) is 17.4. The van der Waals surface area contributed by atoms with Crippen LogP contribution in [0.2, 0.25) is 0 Å². The summed E-state index contributed by atoms with van der Waals surface area (Å²) in [6.07, 6.45) is 1.07. The van der Waals surface area contributed by atoms with E-state index in [0.717, 1.165) is 17.7 Å². The van der Waals surface area contributed by atoms with Gasteiger partial charge in [0.2, 0.25) is 0 Å². The van der Waals surface area contributed by atoms with Crippen molar-refractivity contribution >= 4 is 11.3 Å². The maximum atomic E-state index is 4.18. The van der Waals surface area contributed by atoms with E-state index in [1.807, 2.05) is 14.0 Å². The predicted molar refractivity (Wildman–Crippen MR) is 105 cm³/mol. The molecule has 0 radical (unpaired) electrons. The summed E-state index contributed by atoms with van der Waals surface area (Å²) < 4.78 is 0. The van der Waals surface area contributed by atoms with Crippen LogP contribution in [0.25, 0.3) is 5.57 Å². The average molecular weight is 307 g/mol. The van der Waals surface area contributed by atoms with Gasteiger partial charge in [-0.15, -0.1) is 0 Å². The quantitative estimate of drug-likeness (QED) is 0.614. The number of benzene rings is 2. The van der Waals surface area contributed by atoms with Gasteiger partial charge in [-0.25, -0.2) is 0 Å². The van der Waals surface area contributed by atoms with Crippen molar-refractivity contribution in [2.75, 3.05) is 7.05 Å². The molecule has 0 aliphatic rings. The number of hydrogen-bond acceptors (Lipinski definition) is 1. The van der Waals surface area contributed by atoms with Gasteiger partial charge in [-0.3, -0.25) is 4.99 Å². The van der Waals surface area contributed by atoms with Gasteiger partial charge in [0.25, 0.3) is 0 Å². The molecule has 0 fully saturated rings. The molecule has 2 aromatic rings. The monoisotopic (exact) mass is 307 g/mol. The number of aryl methyl sites for hydroxylation is 3. The van der Waals surface area contributed by atoms with Crippen molar-refractivity contribution in [3.8, 4) is 0 Å². The van der Waals surface area contributed by atoms with Crippen molar-refractivity contribution < 1.29 is 0 Å². The van der Waals surface area contributed by atoms with Gasteiger partial charge in [-0.2, -0.15) is 0 Å². The van der Waals surface area contributed by atoms with Crippen LogP contribution in [0.15, 0.2) is 54.0 Å². The van der Waals surface area contributed by atoms with Crippen LogP contribution in [0, 0.1) is 13.8 Å². The smallest absolute Gasteiger partial charge is 0.0388 e. The Morgan fingerprint density at radius 3 is 2.17 bits per heavy atom. The molecule has 1 nitrogen and oxygen atoms in total. The molecule has 2 rings (SSSR count). The number of rotatable bonds is 3. The summed E-state index contributed by atoms with van der Waals surface area (Å²) in [4.78, 5) is 4.18. The molecular formula is C22H29N. The molecule has 0 spiro atoms. The van der Waals surface area contributed by atoms with Crippen molar-refractivity contribution in [1.82, 2.24) is 0 Å². The lowest BCUT2D eigenvalue weighted by Gasteiger charge is -2.05. The molecule has 0 saturated heterocycles. The molecule has 0 aromatic heterocycles. The fourth-order valence-corrected chi connectivity index (χ4v) is 2.31. The van der Waals surface area contributed by atoms with Crippen LogP contribution in [-0.4, -0.2) is 12.8 Å². The highest BCUT2D eigenvalue weighted by atomic mass is 14.7. The van der Waals surface area contributed by atoms with E-state index >= 15 is 0 Å². The maximum Gasteiger partial charge on any atom is 0.0388 e. The van der Waals surface area contributed by atoms with E-state index in [4.69, 9.17) is 0 Å². The fraction of sp³-hybridized carbons (Fsp3) is 0.318. The Kier molecular flexibility index (Phi) is 7.47. The van der Waals surface area contributed by atoms with Crippen LogP contribution >= 0.6 is 0 Å². The number of hydrogen-bond donors (Lipinski definition) is 0. The standard InChI is InChI=1S/C11H15N.C11H14/c1-4-10-7-5-6-8-11(10)9(2)12-3;1-8(2)11-6-5-9(3)10(4)7-11/h5-8H,4H2,1-3H3;5-7H,1H2,2-4H3. The van der Waals surface area contributed by atoms with Crippen molar-refractivity contribution in [1.29, 1.82) is 0 Å². The third-order valence-corrected chi connectivity index (χ3v) is 4.12. The number of allylic oxidation sites excluding steroid dienone is 1. The average Bonchev–Trinajstić information content (AvgIpc) is 2.57. The Hall–Kier alpha value is -2.15. The first-order chi connectivity index (χ1) is 10.9. The van der Waals surface area contributed by atoms with Crippen LogP contribution in [0.5, 0.6) is 0 Å². The molecule has 0 saturated carbocycles. The van der Waals surface area contributed by atoms with E-state index in [9.17, 15) is 0 Å². The van der Waals surface area contributed by atoms with Gasteiger partial charge in [0.15, 0.2) is 0 Å². The second-order valence-electron chi connectivity index (χ2n) is 5.90. The highest BCUT2D eigenvalue weighted by Crippen LogP contribution is 2.15. The van der Waals surface area contributed by atoms with E-state index in [-0.39, 0.29) is 0 Å². The Morgan fingerprint density at radius 2 is 1.65 bits per heavy atom. The lowest BCUT2D eigenvalue weighted by Crippen LogP contribution is -1.99. The molecule has 0 bridgehead atoms. The molecule has 0 unspecified atom stereocenters. The molecule has 0 heterocycles. The van der Waals surface area contributed by atoms with Crippen LogP contribution in [0.4, 0.5) is 0 Å². The van der Waals surface area contributed by atoms with Gasteiger partial charge in [0.05, 0.1) is 0 Å². The minimum atomic E-state index is 1.07. The molecule has 23 heavy (non-hydrogen) atoms. The van der Waals surface area contributed by atoms with E-state index in [2.05, 4.69) is 81.7 Å². The van der Waals surface area contributed by atoms with Gasteiger partial charge >= 0.3 is 0 Å². The van der Waals surface area contributed by atoms with Crippen LogP contribution in [0.3, 0.4) is 0 Å². The van der Waals surface area contributed by atoms with E-state index in [0.29, 0.717) is 0 Å². The van der Waals surface area contributed by atoms with Gasteiger partial charge in [-0.1, -0.05) is 61.5 Å². The third kappa shape index (κ3) is 5.52. The second kappa shape index (κ2) is 9.09. The molecule has 0 aliphatic heterocycles. The normalized spacial score (nSPS) is 10.8. The van der Waals surface area contributed by atoms with Crippen molar-refractivity contribution in [3.63, 3.8) is 0 Å². The van der Waals surface area contributed by atoms with E-state index in [1.54, 1.807) is 0 Å². The van der Waals surface area contributed by atoms with Crippen LogP contribution in [0.1, 0.15) is 48.6 Å². The Labute approximate surface area is 141 Å². The molecule has 2 aromatic carbocycles. The molecular weight excluding hydrogens is 278 g/mol. The predicted octanol–water partition coefficient (Wildman–Crippen LogP) is 6.02. The highest BCUT2D eigenvalue weighted by molar-refractivity contribution is 5.99. The molecule has 0 amide bonds. The van der Waals surface area contributed by atoms with E-state index < -0.39 is 0 Å². The molecule has 0 aliphatic carbocycles. The largest absolute Gasteiger partial charge is 0.293 e. The lowest BCUT2D eigenvalue weighted by molar-refractivity contribution is 1.13.